The minimum atomic E-state index is 0.0275. The number of nitrogens with zero attached hydrogens (tertiary/aromatic N) is 2. The van der Waals surface area contributed by atoms with Gasteiger partial charge in [0.05, 0.1) is 19.2 Å². The fraction of sp³-hybridized carbons (Fsp3) is 0.556. The van der Waals surface area contributed by atoms with Gasteiger partial charge in [-0.1, -0.05) is 45.8 Å². The summed E-state index contributed by atoms with van der Waals surface area (Å²) >= 11 is 0. The van der Waals surface area contributed by atoms with Crippen molar-refractivity contribution in [2.75, 3.05) is 7.11 Å². The number of hydrogen-bond acceptors (Lipinski definition) is 5. The Balaban J connectivity index is 2.46. The smallest absolute Gasteiger partial charge is 0.240 e. The summed E-state index contributed by atoms with van der Waals surface area (Å²) in [6, 6.07) is 6.17. The van der Waals surface area contributed by atoms with Crippen LogP contribution in [-0.2, 0) is 12.0 Å². The first kappa shape index (κ1) is 17.5. The molecular formula is C18H27N3O2. The quantitative estimate of drug-likeness (QED) is 0.904. The van der Waals surface area contributed by atoms with Crippen LogP contribution in [0.2, 0.25) is 0 Å². The molecule has 0 aliphatic carbocycles. The van der Waals surface area contributed by atoms with Crippen molar-refractivity contribution in [1.29, 1.82) is 0 Å². The topological polar surface area (TPSA) is 74.2 Å². The number of ether oxygens (including phenoxy) is 1. The fourth-order valence-electron chi connectivity index (χ4n) is 3.18. The number of rotatable bonds is 5. The van der Waals surface area contributed by atoms with Crippen molar-refractivity contribution in [1.82, 2.24) is 10.1 Å². The third kappa shape index (κ3) is 4.10. The Morgan fingerprint density at radius 2 is 1.87 bits per heavy atom. The fourth-order valence-corrected chi connectivity index (χ4v) is 3.18. The Bertz CT molecular complexity index is 669. The number of nitrogens with two attached hydrogens (primary N) is 1. The SMILES string of the molecule is COc1ccc(C(C)(C)CC(C)(C)C)cc1-c1noc(CN)n1. The van der Waals surface area contributed by atoms with Crippen molar-refractivity contribution in [3.63, 3.8) is 0 Å². The minimum absolute atomic E-state index is 0.0275. The molecule has 0 saturated carbocycles. The van der Waals surface area contributed by atoms with Gasteiger partial charge >= 0.3 is 0 Å². The molecule has 0 aliphatic heterocycles. The standard InChI is InChI=1S/C18H27N3O2/c1-17(2,3)11-18(4,5)12-7-8-14(22-6)13(9-12)16-20-15(10-19)23-21-16/h7-9H,10-11,19H2,1-6H3. The predicted octanol–water partition coefficient (Wildman–Crippen LogP) is 3.92. The van der Waals surface area contributed by atoms with E-state index in [9.17, 15) is 0 Å². The molecule has 1 heterocycles. The molecule has 5 nitrogen and oxygen atoms in total. The van der Waals surface area contributed by atoms with Gasteiger partial charge in [0.2, 0.25) is 11.7 Å². The molecule has 5 heteroatoms. The van der Waals surface area contributed by atoms with Crippen LogP contribution in [0.5, 0.6) is 5.75 Å². The highest BCUT2D eigenvalue weighted by Crippen LogP contribution is 2.39. The maximum atomic E-state index is 5.55. The number of methoxy groups -OCH3 is 1. The summed E-state index contributed by atoms with van der Waals surface area (Å²) in [4.78, 5) is 4.32. The predicted molar refractivity (Wildman–Crippen MR) is 91.3 cm³/mol. The van der Waals surface area contributed by atoms with Crippen LogP contribution in [0.4, 0.5) is 0 Å². The van der Waals surface area contributed by atoms with Crippen LogP contribution in [0.3, 0.4) is 0 Å². The summed E-state index contributed by atoms with van der Waals surface area (Å²) in [6.07, 6.45) is 1.06. The van der Waals surface area contributed by atoms with Crippen molar-refractivity contribution in [2.45, 2.75) is 53.0 Å². The van der Waals surface area contributed by atoms with Crippen LogP contribution in [0.25, 0.3) is 11.4 Å². The lowest BCUT2D eigenvalue weighted by Crippen LogP contribution is -2.24. The lowest BCUT2D eigenvalue weighted by Gasteiger charge is -2.33. The molecule has 1 aromatic carbocycles. The van der Waals surface area contributed by atoms with Gasteiger partial charge in [-0.2, -0.15) is 4.98 Å². The first-order valence-corrected chi connectivity index (χ1v) is 7.88. The van der Waals surface area contributed by atoms with Gasteiger partial charge in [0.15, 0.2) is 0 Å². The highest BCUT2D eigenvalue weighted by Gasteiger charge is 2.28. The molecule has 126 valence electrons. The van der Waals surface area contributed by atoms with E-state index in [-0.39, 0.29) is 17.4 Å². The zero-order chi connectivity index (χ0) is 17.3. The van der Waals surface area contributed by atoms with Gasteiger partial charge in [0, 0.05) is 0 Å². The van der Waals surface area contributed by atoms with Crippen molar-refractivity contribution >= 4 is 0 Å². The minimum Gasteiger partial charge on any atom is -0.496 e. The van der Waals surface area contributed by atoms with E-state index in [1.54, 1.807) is 7.11 Å². The van der Waals surface area contributed by atoms with Gasteiger partial charge in [0.25, 0.3) is 0 Å². The van der Waals surface area contributed by atoms with E-state index in [1.165, 1.54) is 5.56 Å². The van der Waals surface area contributed by atoms with E-state index in [0.717, 1.165) is 17.7 Å². The Morgan fingerprint density at radius 3 is 2.39 bits per heavy atom. The number of hydrogen-bond donors (Lipinski definition) is 1. The summed E-state index contributed by atoms with van der Waals surface area (Å²) in [5, 5.41) is 4.02. The third-order valence-corrected chi connectivity index (χ3v) is 3.84. The lowest BCUT2D eigenvalue weighted by molar-refractivity contribution is 0.284. The summed E-state index contributed by atoms with van der Waals surface area (Å²) in [6.45, 7) is 11.5. The van der Waals surface area contributed by atoms with E-state index >= 15 is 0 Å². The molecule has 0 fully saturated rings. The molecule has 23 heavy (non-hydrogen) atoms. The zero-order valence-corrected chi connectivity index (χ0v) is 14.9. The van der Waals surface area contributed by atoms with E-state index in [2.05, 4.69) is 56.9 Å². The summed E-state index contributed by atoms with van der Waals surface area (Å²) in [5.41, 5.74) is 7.87. The highest BCUT2D eigenvalue weighted by atomic mass is 16.5. The van der Waals surface area contributed by atoms with E-state index < -0.39 is 0 Å². The molecular weight excluding hydrogens is 290 g/mol. The number of benzene rings is 1. The monoisotopic (exact) mass is 317 g/mol. The Morgan fingerprint density at radius 1 is 1.17 bits per heavy atom. The largest absolute Gasteiger partial charge is 0.496 e. The van der Waals surface area contributed by atoms with Crippen LogP contribution >= 0.6 is 0 Å². The second kappa shape index (κ2) is 6.32. The Labute approximate surface area is 138 Å². The molecule has 0 saturated heterocycles. The van der Waals surface area contributed by atoms with E-state index in [1.807, 2.05) is 6.07 Å². The average molecular weight is 317 g/mol. The zero-order valence-electron chi connectivity index (χ0n) is 14.9. The van der Waals surface area contributed by atoms with E-state index in [0.29, 0.717) is 11.7 Å². The van der Waals surface area contributed by atoms with Crippen molar-refractivity contribution in [3.8, 4) is 17.1 Å². The molecule has 2 rings (SSSR count). The summed E-state index contributed by atoms with van der Waals surface area (Å²) < 4.78 is 10.6. The van der Waals surface area contributed by atoms with Crippen molar-refractivity contribution in [2.24, 2.45) is 11.1 Å². The molecule has 0 bridgehead atoms. The third-order valence-electron chi connectivity index (χ3n) is 3.84. The van der Waals surface area contributed by atoms with Crippen LogP contribution in [0, 0.1) is 5.41 Å². The maximum Gasteiger partial charge on any atom is 0.240 e. The Kier molecular flexibility index (Phi) is 4.80. The normalized spacial score (nSPS) is 12.5. The molecule has 0 radical (unpaired) electrons. The Hall–Kier alpha value is -1.88. The summed E-state index contributed by atoms with van der Waals surface area (Å²) in [5.74, 6) is 1.65. The molecule has 1 aromatic heterocycles. The van der Waals surface area contributed by atoms with Crippen LogP contribution in [-0.4, -0.2) is 17.3 Å². The van der Waals surface area contributed by atoms with Crippen molar-refractivity contribution in [3.05, 3.63) is 29.7 Å². The van der Waals surface area contributed by atoms with Gasteiger partial charge in [-0.25, -0.2) is 0 Å². The van der Waals surface area contributed by atoms with E-state index in [4.69, 9.17) is 15.0 Å². The van der Waals surface area contributed by atoms with Gasteiger partial charge in [-0.15, -0.1) is 0 Å². The molecule has 0 atom stereocenters. The van der Waals surface area contributed by atoms with Crippen LogP contribution in [0.1, 0.15) is 52.5 Å². The van der Waals surface area contributed by atoms with Gasteiger partial charge in [0.1, 0.15) is 5.75 Å². The first-order chi connectivity index (χ1) is 10.7. The van der Waals surface area contributed by atoms with Gasteiger partial charge in [-0.05, 0) is 34.9 Å². The van der Waals surface area contributed by atoms with Crippen LogP contribution < -0.4 is 10.5 Å². The number of aromatic nitrogens is 2. The molecule has 0 unspecified atom stereocenters. The molecule has 2 aromatic rings. The van der Waals surface area contributed by atoms with Gasteiger partial charge in [-0.3, -0.25) is 0 Å². The maximum absolute atomic E-state index is 5.55. The molecule has 0 amide bonds. The first-order valence-electron chi connectivity index (χ1n) is 7.88. The average Bonchev–Trinajstić information content (AvgIpc) is 2.92. The van der Waals surface area contributed by atoms with Crippen molar-refractivity contribution < 1.29 is 9.26 Å². The van der Waals surface area contributed by atoms with Crippen LogP contribution in [0.15, 0.2) is 22.7 Å². The molecule has 0 spiro atoms. The van der Waals surface area contributed by atoms with Gasteiger partial charge < -0.3 is 15.0 Å². The molecule has 0 aliphatic rings. The second-order valence-electron chi connectivity index (χ2n) is 7.75. The summed E-state index contributed by atoms with van der Waals surface area (Å²) in [7, 11) is 1.64. The second-order valence-corrected chi connectivity index (χ2v) is 7.75. The molecule has 2 N–H and O–H groups in total. The highest BCUT2D eigenvalue weighted by molar-refractivity contribution is 5.65. The lowest BCUT2D eigenvalue weighted by atomic mass is 9.72.